The second kappa shape index (κ2) is 15.2. The van der Waals surface area contributed by atoms with Crippen molar-refractivity contribution in [2.45, 2.75) is 99.7 Å². The zero-order valence-electron chi connectivity index (χ0n) is 26.2. The lowest BCUT2D eigenvalue weighted by atomic mass is 10.0. The highest BCUT2D eigenvalue weighted by atomic mass is 16.5. The predicted molar refractivity (Wildman–Crippen MR) is 178 cm³/mol. The van der Waals surface area contributed by atoms with Gasteiger partial charge in [-0.15, -0.1) is 0 Å². The Balaban J connectivity index is 0.000000197. The third-order valence-electron chi connectivity index (χ3n) is 8.41. The van der Waals surface area contributed by atoms with Crippen molar-refractivity contribution < 1.29 is 19.4 Å². The van der Waals surface area contributed by atoms with Crippen molar-refractivity contribution in [3.63, 3.8) is 0 Å². The Morgan fingerprint density at radius 1 is 0.818 bits per heavy atom. The minimum Gasteiger partial charge on any atom is -0.490 e. The molecule has 7 nitrogen and oxygen atoms in total. The number of aromatic amines is 1. The average molecular weight is 601 g/mol. The van der Waals surface area contributed by atoms with E-state index in [1.165, 1.54) is 5.56 Å². The minimum atomic E-state index is -0.209. The number of hydrogen-bond donors (Lipinski definition) is 2. The number of nitrogens with one attached hydrogen (secondary N) is 1. The number of nitrogens with zero attached hydrogens (tertiary/aromatic N) is 1. The van der Waals surface area contributed by atoms with E-state index in [9.17, 15) is 14.4 Å². The number of Topliss-reactive ketones (excluding diaryl/α,β-unsaturated/α-hetero) is 2. The number of carbonyl (C=O) groups excluding carboxylic acids is 2. The van der Waals surface area contributed by atoms with Gasteiger partial charge in [-0.3, -0.25) is 19.4 Å². The van der Waals surface area contributed by atoms with Gasteiger partial charge in [-0.2, -0.15) is 0 Å². The van der Waals surface area contributed by atoms with Gasteiger partial charge in [0, 0.05) is 51.6 Å². The van der Waals surface area contributed by atoms with E-state index < -0.39 is 0 Å². The maximum Gasteiger partial charge on any atom is 0.189 e. The second-order valence-corrected chi connectivity index (χ2v) is 12.3. The molecule has 2 aliphatic rings. The van der Waals surface area contributed by atoms with Crippen LogP contribution in [0.15, 0.2) is 53.3 Å². The number of aliphatic hydroxyl groups excluding tert-OH is 1. The van der Waals surface area contributed by atoms with Gasteiger partial charge in [0.25, 0.3) is 0 Å². The number of hydrogen-bond acceptors (Lipinski definition) is 6. The monoisotopic (exact) mass is 600 g/mol. The van der Waals surface area contributed by atoms with Crippen LogP contribution < -0.4 is 10.2 Å². The van der Waals surface area contributed by atoms with Crippen LogP contribution in [0, 0.1) is 39.5 Å². The van der Waals surface area contributed by atoms with E-state index in [2.05, 4.69) is 35.1 Å². The van der Waals surface area contributed by atoms with Crippen LogP contribution in [0.4, 0.5) is 0 Å². The van der Waals surface area contributed by atoms with Crippen molar-refractivity contribution in [3.05, 3.63) is 81.3 Å². The molecule has 7 heteroatoms. The quantitative estimate of drug-likeness (QED) is 0.251. The van der Waals surface area contributed by atoms with E-state index >= 15 is 0 Å². The molecule has 0 radical (unpaired) electrons. The first-order valence-electron chi connectivity index (χ1n) is 15.2. The molecule has 0 amide bonds. The van der Waals surface area contributed by atoms with E-state index in [-0.39, 0.29) is 48.5 Å². The highest BCUT2D eigenvalue weighted by Gasteiger charge is 2.29. The molecule has 2 aromatic heterocycles. The highest BCUT2D eigenvalue weighted by Crippen LogP contribution is 2.33. The Labute approximate surface area is 261 Å². The van der Waals surface area contributed by atoms with Crippen LogP contribution in [0.3, 0.4) is 0 Å². The molecule has 2 fully saturated rings. The lowest BCUT2D eigenvalue weighted by Gasteiger charge is -2.16. The molecule has 44 heavy (non-hydrogen) atoms. The first-order valence-corrected chi connectivity index (χ1v) is 15.2. The minimum absolute atomic E-state index is 0. The molecule has 2 aromatic carbocycles. The molecule has 4 atom stereocenters. The Kier molecular flexibility index (Phi) is 12.0. The summed E-state index contributed by atoms with van der Waals surface area (Å²) in [4.78, 5) is 41.4. The molecule has 0 aliphatic heterocycles. The molecule has 2 heterocycles. The number of pyridine rings is 2. The fraction of sp³-hybridized carbons (Fsp3) is 0.459. The molecule has 0 unspecified atom stereocenters. The topological polar surface area (TPSA) is 109 Å². The van der Waals surface area contributed by atoms with Gasteiger partial charge >= 0.3 is 0 Å². The third kappa shape index (κ3) is 9.08. The van der Waals surface area contributed by atoms with Crippen molar-refractivity contribution in [1.29, 1.82) is 0 Å². The number of carbonyl (C=O) groups is 2. The Hall–Kier alpha value is -3.84. The van der Waals surface area contributed by atoms with Gasteiger partial charge < -0.3 is 14.8 Å². The van der Waals surface area contributed by atoms with Gasteiger partial charge in [-0.1, -0.05) is 19.6 Å². The maximum absolute atomic E-state index is 11.5. The van der Waals surface area contributed by atoms with Gasteiger partial charge in [-0.25, -0.2) is 0 Å². The summed E-state index contributed by atoms with van der Waals surface area (Å²) in [5, 5.41) is 10.8. The SMILES string of the molecule is C.CC(=O)[C@H]1CC[C@@H](O)C1.CC(=O)[C@H]1CC[C@H](Oc2cc(C)nc3cc(C)ccc23)C1.Cc1ccc2c(=O)cc(C)[nH]c2c1. The first-order chi connectivity index (χ1) is 20.4. The van der Waals surface area contributed by atoms with Crippen molar-refractivity contribution in [1.82, 2.24) is 9.97 Å². The molecule has 0 bridgehead atoms. The summed E-state index contributed by atoms with van der Waals surface area (Å²) in [5.74, 6) is 1.73. The third-order valence-corrected chi connectivity index (χ3v) is 8.41. The Bertz CT molecular complexity index is 1660. The predicted octanol–water partition coefficient (Wildman–Crippen LogP) is 7.51. The van der Waals surface area contributed by atoms with Gasteiger partial charge in [-0.05, 0) is 115 Å². The molecular formula is C37H48N2O5. The average Bonchev–Trinajstić information content (AvgIpc) is 3.58. The number of aryl methyl sites for hydroxylation is 4. The largest absolute Gasteiger partial charge is 0.490 e. The van der Waals surface area contributed by atoms with Crippen LogP contribution in [-0.2, 0) is 9.59 Å². The van der Waals surface area contributed by atoms with Gasteiger partial charge in [0.05, 0.1) is 17.7 Å². The van der Waals surface area contributed by atoms with Crippen molar-refractivity contribution >= 4 is 33.4 Å². The summed E-state index contributed by atoms with van der Waals surface area (Å²) >= 11 is 0. The zero-order valence-corrected chi connectivity index (χ0v) is 26.2. The maximum atomic E-state index is 11.5. The first kappa shape index (κ1) is 34.6. The molecule has 236 valence electrons. The van der Waals surface area contributed by atoms with E-state index in [4.69, 9.17) is 9.84 Å². The number of aliphatic hydroxyl groups is 1. The number of ketones is 2. The highest BCUT2D eigenvalue weighted by molar-refractivity contribution is 5.86. The number of H-pyrrole nitrogens is 1. The van der Waals surface area contributed by atoms with Crippen LogP contribution in [0.5, 0.6) is 5.75 Å². The number of ether oxygens (including phenoxy) is 1. The molecule has 2 saturated carbocycles. The lowest BCUT2D eigenvalue weighted by molar-refractivity contribution is -0.121. The Morgan fingerprint density at radius 2 is 1.43 bits per heavy atom. The molecule has 0 spiro atoms. The van der Waals surface area contributed by atoms with Crippen LogP contribution >= 0.6 is 0 Å². The van der Waals surface area contributed by atoms with Gasteiger partial charge in [0.15, 0.2) is 5.43 Å². The van der Waals surface area contributed by atoms with Gasteiger partial charge in [0.1, 0.15) is 17.3 Å². The van der Waals surface area contributed by atoms with E-state index in [0.717, 1.165) is 76.6 Å². The molecule has 6 rings (SSSR count). The Morgan fingerprint density at radius 3 is 2.02 bits per heavy atom. The standard InChI is InChI=1S/C18H21NO2.C11H11NO.C7H12O2.CH4/c1-11-4-7-16-17(8-11)19-12(2)9-18(16)21-15-6-5-14(10-15)13(3)20;1-7-3-4-9-10(5-7)12-8(2)6-11(9)13;1-5(8)6-2-3-7(9)4-6;/h4,7-9,14-15H,5-6,10H2,1-3H3;3-6H,1-2H3,(H,12,13);6-7,9H,2-4H2,1H3;1H4/t14-,15-;;6-,7+;/m0.0./s1. The normalized spacial score (nSPS) is 20.6. The molecular weight excluding hydrogens is 552 g/mol. The summed E-state index contributed by atoms with van der Waals surface area (Å²) < 4.78 is 6.20. The molecule has 4 aromatic rings. The van der Waals surface area contributed by atoms with Crippen LogP contribution in [0.1, 0.15) is 82.3 Å². The summed E-state index contributed by atoms with van der Waals surface area (Å²) in [6.07, 6.45) is 5.06. The number of fused-ring (bicyclic) bond motifs is 2. The number of benzene rings is 2. The summed E-state index contributed by atoms with van der Waals surface area (Å²) in [7, 11) is 0. The summed E-state index contributed by atoms with van der Waals surface area (Å²) in [6, 6.07) is 15.7. The van der Waals surface area contributed by atoms with Crippen LogP contribution in [0.25, 0.3) is 21.8 Å². The number of rotatable bonds is 4. The fourth-order valence-corrected chi connectivity index (χ4v) is 5.95. The van der Waals surface area contributed by atoms with Crippen LogP contribution in [-0.4, -0.2) is 38.8 Å². The van der Waals surface area contributed by atoms with E-state index in [1.54, 1.807) is 19.9 Å². The van der Waals surface area contributed by atoms with Crippen molar-refractivity contribution in [3.8, 4) is 5.75 Å². The molecule has 0 saturated heterocycles. The van der Waals surface area contributed by atoms with Gasteiger partial charge in [0.2, 0.25) is 0 Å². The van der Waals surface area contributed by atoms with E-state index in [0.29, 0.717) is 6.42 Å². The second-order valence-electron chi connectivity index (χ2n) is 12.3. The fourth-order valence-electron chi connectivity index (χ4n) is 5.95. The smallest absolute Gasteiger partial charge is 0.189 e. The van der Waals surface area contributed by atoms with Crippen molar-refractivity contribution in [2.24, 2.45) is 11.8 Å². The van der Waals surface area contributed by atoms with E-state index in [1.807, 2.05) is 45.0 Å². The number of aromatic nitrogens is 2. The molecule has 2 N–H and O–H groups in total. The lowest BCUT2D eigenvalue weighted by Crippen LogP contribution is -2.14. The summed E-state index contributed by atoms with van der Waals surface area (Å²) in [6.45, 7) is 11.2. The van der Waals surface area contributed by atoms with Crippen molar-refractivity contribution in [2.75, 3.05) is 0 Å². The zero-order chi connectivity index (χ0) is 31.3. The summed E-state index contributed by atoms with van der Waals surface area (Å²) in [5.41, 5.74) is 6.22. The van der Waals surface area contributed by atoms with Crippen LogP contribution in [0.2, 0.25) is 0 Å². The molecule has 2 aliphatic carbocycles.